The van der Waals surface area contributed by atoms with Crippen LogP contribution in [0.3, 0.4) is 0 Å². The van der Waals surface area contributed by atoms with Crippen molar-refractivity contribution in [3.63, 3.8) is 0 Å². The van der Waals surface area contributed by atoms with E-state index in [1.165, 1.54) is 6.07 Å². The Morgan fingerprint density at radius 3 is 2.96 bits per heavy atom. The lowest BCUT2D eigenvalue weighted by atomic mass is 9.94. The molecule has 0 bridgehead atoms. The van der Waals surface area contributed by atoms with E-state index < -0.39 is 0 Å². The summed E-state index contributed by atoms with van der Waals surface area (Å²) in [6.07, 6.45) is 7.61. The Morgan fingerprint density at radius 2 is 2.19 bits per heavy atom. The Morgan fingerprint density at radius 1 is 1.31 bits per heavy atom. The van der Waals surface area contributed by atoms with Gasteiger partial charge in [-0.3, -0.25) is 20.1 Å². The highest BCUT2D eigenvalue weighted by atomic mass is 16.6. The van der Waals surface area contributed by atoms with E-state index >= 15 is 0 Å². The van der Waals surface area contributed by atoms with Gasteiger partial charge in [-0.2, -0.15) is 0 Å². The zero-order valence-electron chi connectivity index (χ0n) is 14.4. The Labute approximate surface area is 150 Å². The Balaban J connectivity index is 1.85. The van der Waals surface area contributed by atoms with Gasteiger partial charge in [-0.15, -0.1) is 0 Å². The van der Waals surface area contributed by atoms with E-state index in [-0.39, 0.29) is 10.6 Å². The number of H-pyrrole nitrogens is 1. The van der Waals surface area contributed by atoms with E-state index in [1.807, 2.05) is 25.3 Å². The van der Waals surface area contributed by atoms with Crippen LogP contribution in [0.25, 0.3) is 17.0 Å². The number of benzene rings is 1. The first-order valence-electron chi connectivity index (χ1n) is 8.56. The SMILES string of the molecule is Cc1[nH]c2ccc([N+](=O)[O-])cc2c1/C=C1\CCCN=C1c1cccnc1. The molecule has 0 fully saturated rings. The minimum atomic E-state index is -0.359. The van der Waals surface area contributed by atoms with Crippen molar-refractivity contribution in [1.82, 2.24) is 9.97 Å². The second-order valence-electron chi connectivity index (χ2n) is 6.40. The first kappa shape index (κ1) is 16.2. The number of rotatable bonds is 3. The molecule has 1 N–H and O–H groups in total. The lowest BCUT2D eigenvalue weighted by Gasteiger charge is -2.16. The molecule has 6 nitrogen and oxygen atoms in total. The minimum absolute atomic E-state index is 0.0981. The van der Waals surface area contributed by atoms with Gasteiger partial charge in [0.25, 0.3) is 5.69 Å². The number of pyridine rings is 1. The number of nitro benzene ring substituents is 1. The van der Waals surface area contributed by atoms with Crippen LogP contribution in [0.1, 0.15) is 29.7 Å². The summed E-state index contributed by atoms with van der Waals surface area (Å²) in [6.45, 7) is 2.79. The van der Waals surface area contributed by atoms with E-state index in [4.69, 9.17) is 4.99 Å². The monoisotopic (exact) mass is 346 g/mol. The van der Waals surface area contributed by atoms with Crippen molar-refractivity contribution in [3.8, 4) is 0 Å². The molecule has 26 heavy (non-hydrogen) atoms. The predicted molar refractivity (Wildman–Crippen MR) is 103 cm³/mol. The number of nitrogens with zero attached hydrogens (tertiary/aromatic N) is 3. The second-order valence-corrected chi connectivity index (χ2v) is 6.40. The Bertz CT molecular complexity index is 1050. The molecule has 0 radical (unpaired) electrons. The maximum atomic E-state index is 11.1. The molecule has 0 aliphatic carbocycles. The number of aromatic nitrogens is 2. The largest absolute Gasteiger partial charge is 0.358 e. The summed E-state index contributed by atoms with van der Waals surface area (Å²) in [5, 5.41) is 12.0. The maximum Gasteiger partial charge on any atom is 0.270 e. The molecule has 1 aromatic carbocycles. The molecule has 0 unspecified atom stereocenters. The van der Waals surface area contributed by atoms with E-state index in [1.54, 1.807) is 18.3 Å². The van der Waals surface area contributed by atoms with Crippen LogP contribution in [0.15, 0.2) is 53.3 Å². The molecule has 130 valence electrons. The van der Waals surface area contributed by atoms with Crippen LogP contribution in [0.5, 0.6) is 0 Å². The van der Waals surface area contributed by atoms with Crippen molar-refractivity contribution in [2.45, 2.75) is 19.8 Å². The van der Waals surface area contributed by atoms with Crippen molar-refractivity contribution >= 4 is 28.4 Å². The topological polar surface area (TPSA) is 84.2 Å². The summed E-state index contributed by atoms with van der Waals surface area (Å²) in [7, 11) is 0. The van der Waals surface area contributed by atoms with E-state index in [9.17, 15) is 10.1 Å². The second kappa shape index (κ2) is 6.55. The summed E-state index contributed by atoms with van der Waals surface area (Å²) in [5.74, 6) is 0. The quantitative estimate of drug-likeness (QED) is 0.562. The van der Waals surface area contributed by atoms with Crippen molar-refractivity contribution in [1.29, 1.82) is 0 Å². The highest BCUT2D eigenvalue weighted by Gasteiger charge is 2.17. The number of fused-ring (bicyclic) bond motifs is 1. The van der Waals surface area contributed by atoms with Gasteiger partial charge in [-0.1, -0.05) is 0 Å². The van der Waals surface area contributed by atoms with Crippen molar-refractivity contribution in [3.05, 3.63) is 75.2 Å². The van der Waals surface area contributed by atoms with Gasteiger partial charge < -0.3 is 4.98 Å². The van der Waals surface area contributed by atoms with Crippen LogP contribution < -0.4 is 0 Å². The zero-order chi connectivity index (χ0) is 18.1. The third-order valence-corrected chi connectivity index (χ3v) is 4.66. The van der Waals surface area contributed by atoms with Gasteiger partial charge in [0.05, 0.1) is 10.6 Å². The van der Waals surface area contributed by atoms with E-state index in [0.29, 0.717) is 0 Å². The molecule has 1 aliphatic rings. The molecule has 4 rings (SSSR count). The van der Waals surface area contributed by atoms with Crippen LogP contribution in [-0.4, -0.2) is 27.1 Å². The first-order valence-corrected chi connectivity index (χ1v) is 8.56. The summed E-state index contributed by atoms with van der Waals surface area (Å²) in [5.41, 5.74) is 6.07. The summed E-state index contributed by atoms with van der Waals surface area (Å²) >= 11 is 0. The van der Waals surface area contributed by atoms with Gasteiger partial charge in [-0.05, 0) is 49.6 Å². The fourth-order valence-corrected chi connectivity index (χ4v) is 3.41. The fourth-order valence-electron chi connectivity index (χ4n) is 3.41. The molecule has 3 aromatic rings. The van der Waals surface area contributed by atoms with Gasteiger partial charge >= 0.3 is 0 Å². The number of hydrogen-bond donors (Lipinski definition) is 1. The van der Waals surface area contributed by atoms with Gasteiger partial charge in [0.15, 0.2) is 0 Å². The number of aliphatic imine (C=N–C) groups is 1. The summed E-state index contributed by atoms with van der Waals surface area (Å²) < 4.78 is 0. The van der Waals surface area contributed by atoms with Crippen LogP contribution >= 0.6 is 0 Å². The molecule has 0 atom stereocenters. The average Bonchev–Trinajstić information content (AvgIpc) is 2.97. The Hall–Kier alpha value is -3.28. The lowest BCUT2D eigenvalue weighted by Crippen LogP contribution is -2.12. The van der Waals surface area contributed by atoms with E-state index in [0.717, 1.165) is 58.4 Å². The summed E-state index contributed by atoms with van der Waals surface area (Å²) in [6, 6.07) is 8.84. The molecule has 3 heterocycles. The van der Waals surface area contributed by atoms with Crippen molar-refractivity contribution in [2.24, 2.45) is 4.99 Å². The molecule has 0 amide bonds. The third kappa shape index (κ3) is 2.90. The molecular weight excluding hydrogens is 328 g/mol. The normalized spacial score (nSPS) is 16.0. The molecular formula is C20H18N4O2. The average molecular weight is 346 g/mol. The number of aryl methyl sites for hydroxylation is 1. The highest BCUT2D eigenvalue weighted by Crippen LogP contribution is 2.30. The van der Waals surface area contributed by atoms with Gasteiger partial charge in [0, 0.05) is 58.8 Å². The van der Waals surface area contributed by atoms with Gasteiger partial charge in [0.2, 0.25) is 0 Å². The molecule has 0 spiro atoms. The maximum absolute atomic E-state index is 11.1. The molecule has 1 aliphatic heterocycles. The zero-order valence-corrected chi connectivity index (χ0v) is 14.4. The standard InChI is InChI=1S/C20H18N4O2/c1-13-17(18-11-16(24(25)26)6-7-19(18)23-13)10-14-4-3-9-22-20(14)15-5-2-8-21-12-15/h2,5-8,10-12,23H,3-4,9H2,1H3/b14-10+. The lowest BCUT2D eigenvalue weighted by molar-refractivity contribution is -0.384. The number of nitrogens with one attached hydrogen (secondary N) is 1. The highest BCUT2D eigenvalue weighted by molar-refractivity contribution is 6.16. The Kier molecular flexibility index (Phi) is 4.08. The van der Waals surface area contributed by atoms with Gasteiger partial charge in [0.1, 0.15) is 0 Å². The van der Waals surface area contributed by atoms with Crippen LogP contribution in [-0.2, 0) is 0 Å². The summed E-state index contributed by atoms with van der Waals surface area (Å²) in [4.78, 5) is 23.0. The number of aromatic amines is 1. The number of non-ortho nitro benzene ring substituents is 1. The minimum Gasteiger partial charge on any atom is -0.358 e. The van der Waals surface area contributed by atoms with Crippen molar-refractivity contribution in [2.75, 3.05) is 6.54 Å². The molecule has 0 saturated carbocycles. The number of hydrogen-bond acceptors (Lipinski definition) is 4. The van der Waals surface area contributed by atoms with Crippen LogP contribution in [0.2, 0.25) is 0 Å². The molecule has 0 saturated heterocycles. The number of nitro groups is 1. The molecule has 6 heteroatoms. The number of allylic oxidation sites excluding steroid dienone is 1. The third-order valence-electron chi connectivity index (χ3n) is 4.66. The smallest absolute Gasteiger partial charge is 0.270 e. The van der Waals surface area contributed by atoms with Gasteiger partial charge in [-0.25, -0.2) is 0 Å². The first-order chi connectivity index (χ1) is 12.6. The van der Waals surface area contributed by atoms with E-state index in [2.05, 4.69) is 16.0 Å². The molecule has 2 aromatic heterocycles. The van der Waals surface area contributed by atoms with Crippen molar-refractivity contribution < 1.29 is 4.92 Å². The van der Waals surface area contributed by atoms with Crippen LogP contribution in [0.4, 0.5) is 5.69 Å². The predicted octanol–water partition coefficient (Wildman–Crippen LogP) is 4.45. The van der Waals surface area contributed by atoms with Crippen LogP contribution in [0, 0.1) is 17.0 Å². The fraction of sp³-hybridized carbons (Fsp3) is 0.200.